The molecule has 0 saturated heterocycles. The molecule has 142 valence electrons. The largest absolute Gasteiger partial charge is 0.497 e. The Morgan fingerprint density at radius 1 is 0.893 bits per heavy atom. The van der Waals surface area contributed by atoms with Crippen molar-refractivity contribution in [2.75, 3.05) is 17.7 Å². The molecule has 0 fully saturated rings. The normalized spacial score (nSPS) is 10.2. The molecule has 0 aliphatic heterocycles. The molecule has 2 N–H and O–H groups in total. The number of aromatic nitrogens is 1. The van der Waals surface area contributed by atoms with Gasteiger partial charge in [-0.2, -0.15) is 0 Å². The second-order valence-corrected chi connectivity index (χ2v) is 6.34. The molecule has 0 aliphatic carbocycles. The van der Waals surface area contributed by atoms with Crippen LogP contribution in [0.15, 0.2) is 60.8 Å². The van der Waals surface area contributed by atoms with Crippen LogP contribution in [0.3, 0.4) is 0 Å². The lowest BCUT2D eigenvalue weighted by molar-refractivity contribution is 0.102. The Bertz CT molecular complexity index is 1010. The van der Waals surface area contributed by atoms with Gasteiger partial charge in [-0.3, -0.25) is 14.6 Å². The number of ether oxygens (including phenoxy) is 1. The number of hydrogen-bond acceptors (Lipinski definition) is 4. The Balaban J connectivity index is 1.77. The minimum atomic E-state index is -0.367. The summed E-state index contributed by atoms with van der Waals surface area (Å²) in [6.45, 7) is 3.85. The number of hydrogen-bond donors (Lipinski definition) is 2. The van der Waals surface area contributed by atoms with Crippen molar-refractivity contribution in [3.63, 3.8) is 0 Å². The Morgan fingerprint density at radius 3 is 2.32 bits per heavy atom. The topological polar surface area (TPSA) is 80.3 Å². The molecule has 0 unspecified atom stereocenters. The SMILES string of the molecule is COc1cccc(NC(=O)c2ccnc(C(=O)Nc3c(C)cccc3C)c2)c1. The summed E-state index contributed by atoms with van der Waals surface area (Å²) in [7, 11) is 1.56. The summed E-state index contributed by atoms with van der Waals surface area (Å²) in [6, 6.07) is 15.9. The van der Waals surface area contributed by atoms with E-state index in [-0.39, 0.29) is 17.5 Å². The van der Waals surface area contributed by atoms with Crippen LogP contribution in [0, 0.1) is 13.8 Å². The summed E-state index contributed by atoms with van der Waals surface area (Å²) >= 11 is 0. The first-order valence-electron chi connectivity index (χ1n) is 8.77. The third-order valence-electron chi connectivity index (χ3n) is 4.30. The number of nitrogens with zero attached hydrogens (tertiary/aromatic N) is 1. The fourth-order valence-corrected chi connectivity index (χ4v) is 2.79. The molecule has 0 saturated carbocycles. The number of benzene rings is 2. The van der Waals surface area contributed by atoms with Crippen molar-refractivity contribution in [1.82, 2.24) is 4.98 Å². The first kappa shape index (κ1) is 19.1. The smallest absolute Gasteiger partial charge is 0.274 e. The highest BCUT2D eigenvalue weighted by atomic mass is 16.5. The van der Waals surface area contributed by atoms with Crippen molar-refractivity contribution < 1.29 is 14.3 Å². The zero-order valence-electron chi connectivity index (χ0n) is 15.9. The Hall–Kier alpha value is -3.67. The second kappa shape index (κ2) is 8.35. The number of pyridine rings is 1. The van der Waals surface area contributed by atoms with Crippen molar-refractivity contribution >= 4 is 23.2 Å². The van der Waals surface area contributed by atoms with Gasteiger partial charge in [-0.1, -0.05) is 24.3 Å². The number of amides is 2. The number of aryl methyl sites for hydroxylation is 2. The molecular formula is C22H21N3O3. The molecule has 1 aromatic heterocycles. The van der Waals surface area contributed by atoms with E-state index in [1.165, 1.54) is 12.3 Å². The van der Waals surface area contributed by atoms with Crippen LogP contribution < -0.4 is 15.4 Å². The van der Waals surface area contributed by atoms with Gasteiger partial charge >= 0.3 is 0 Å². The number of carbonyl (C=O) groups excluding carboxylic acids is 2. The van der Waals surface area contributed by atoms with Gasteiger partial charge in [0, 0.05) is 29.2 Å². The van der Waals surface area contributed by atoms with Gasteiger partial charge in [0.25, 0.3) is 11.8 Å². The van der Waals surface area contributed by atoms with Crippen LogP contribution in [0.1, 0.15) is 32.0 Å². The van der Waals surface area contributed by atoms with Gasteiger partial charge in [-0.05, 0) is 49.2 Å². The van der Waals surface area contributed by atoms with E-state index in [0.29, 0.717) is 17.0 Å². The second-order valence-electron chi connectivity index (χ2n) is 6.34. The maximum absolute atomic E-state index is 12.6. The molecule has 6 nitrogen and oxygen atoms in total. The molecule has 0 atom stereocenters. The summed E-state index contributed by atoms with van der Waals surface area (Å²) in [5.41, 5.74) is 3.77. The molecule has 1 heterocycles. The highest BCUT2D eigenvalue weighted by Crippen LogP contribution is 2.21. The molecule has 6 heteroatoms. The van der Waals surface area contributed by atoms with Crippen LogP contribution in [-0.4, -0.2) is 23.9 Å². The monoisotopic (exact) mass is 375 g/mol. The van der Waals surface area contributed by atoms with Crippen LogP contribution >= 0.6 is 0 Å². The average molecular weight is 375 g/mol. The lowest BCUT2D eigenvalue weighted by Crippen LogP contribution is -2.17. The number of methoxy groups -OCH3 is 1. The van der Waals surface area contributed by atoms with Crippen LogP contribution in [0.4, 0.5) is 11.4 Å². The third-order valence-corrected chi connectivity index (χ3v) is 4.30. The van der Waals surface area contributed by atoms with Gasteiger partial charge < -0.3 is 15.4 Å². The molecule has 0 radical (unpaired) electrons. The van der Waals surface area contributed by atoms with Crippen molar-refractivity contribution in [3.05, 3.63) is 83.2 Å². The van der Waals surface area contributed by atoms with Gasteiger partial charge in [0.2, 0.25) is 0 Å². The number of rotatable bonds is 5. The van der Waals surface area contributed by atoms with Crippen molar-refractivity contribution in [2.45, 2.75) is 13.8 Å². The molecule has 0 spiro atoms. The fraction of sp³-hybridized carbons (Fsp3) is 0.136. The molecule has 0 aliphatic rings. The molecule has 0 bridgehead atoms. The van der Waals surface area contributed by atoms with Gasteiger partial charge in [0.1, 0.15) is 11.4 Å². The molecular weight excluding hydrogens is 354 g/mol. The van der Waals surface area contributed by atoms with Gasteiger partial charge in [0.15, 0.2) is 0 Å². The minimum Gasteiger partial charge on any atom is -0.497 e. The highest BCUT2D eigenvalue weighted by molar-refractivity contribution is 6.08. The van der Waals surface area contributed by atoms with E-state index in [1.54, 1.807) is 37.4 Å². The number of nitrogens with one attached hydrogen (secondary N) is 2. The summed E-state index contributed by atoms with van der Waals surface area (Å²) in [6.07, 6.45) is 1.44. The van der Waals surface area contributed by atoms with Crippen molar-refractivity contribution in [3.8, 4) is 5.75 Å². The predicted molar refractivity (Wildman–Crippen MR) is 109 cm³/mol. The highest BCUT2D eigenvalue weighted by Gasteiger charge is 2.14. The van der Waals surface area contributed by atoms with Crippen LogP contribution in [-0.2, 0) is 0 Å². The van der Waals surface area contributed by atoms with E-state index in [4.69, 9.17) is 4.74 Å². The Labute approximate surface area is 163 Å². The van der Waals surface area contributed by atoms with Crippen LogP contribution in [0.2, 0.25) is 0 Å². The van der Waals surface area contributed by atoms with Crippen molar-refractivity contribution in [2.24, 2.45) is 0 Å². The minimum absolute atomic E-state index is 0.168. The van der Waals surface area contributed by atoms with Gasteiger partial charge in [-0.25, -0.2) is 0 Å². The lowest BCUT2D eigenvalue weighted by Gasteiger charge is -2.11. The molecule has 2 amide bonds. The lowest BCUT2D eigenvalue weighted by atomic mass is 10.1. The van der Waals surface area contributed by atoms with E-state index in [9.17, 15) is 9.59 Å². The molecule has 3 rings (SSSR count). The summed E-state index contributed by atoms with van der Waals surface area (Å²) in [4.78, 5) is 29.3. The van der Waals surface area contributed by atoms with E-state index >= 15 is 0 Å². The Kier molecular flexibility index (Phi) is 5.69. The van der Waals surface area contributed by atoms with E-state index in [2.05, 4.69) is 15.6 Å². The maximum Gasteiger partial charge on any atom is 0.274 e. The van der Waals surface area contributed by atoms with E-state index in [1.807, 2.05) is 32.0 Å². The molecule has 28 heavy (non-hydrogen) atoms. The first-order valence-corrected chi connectivity index (χ1v) is 8.77. The fourth-order valence-electron chi connectivity index (χ4n) is 2.79. The van der Waals surface area contributed by atoms with E-state index in [0.717, 1.165) is 16.8 Å². The maximum atomic E-state index is 12.6. The van der Waals surface area contributed by atoms with Crippen molar-refractivity contribution in [1.29, 1.82) is 0 Å². The molecule has 3 aromatic rings. The average Bonchev–Trinajstić information content (AvgIpc) is 2.71. The number of anilines is 2. The van der Waals surface area contributed by atoms with Crippen LogP contribution in [0.25, 0.3) is 0 Å². The number of carbonyl (C=O) groups is 2. The third kappa shape index (κ3) is 4.35. The zero-order chi connectivity index (χ0) is 20.1. The van der Waals surface area contributed by atoms with Crippen LogP contribution in [0.5, 0.6) is 5.75 Å². The van der Waals surface area contributed by atoms with E-state index < -0.39 is 0 Å². The predicted octanol–water partition coefficient (Wildman–Crippen LogP) is 4.21. The number of para-hydroxylation sites is 1. The Morgan fingerprint density at radius 2 is 1.61 bits per heavy atom. The zero-order valence-corrected chi connectivity index (χ0v) is 15.9. The van der Waals surface area contributed by atoms with Gasteiger partial charge in [-0.15, -0.1) is 0 Å². The quantitative estimate of drug-likeness (QED) is 0.700. The first-order chi connectivity index (χ1) is 13.5. The standard InChI is InChI=1S/C22H21N3O3/c1-14-6-4-7-15(2)20(14)25-22(27)19-12-16(10-11-23-19)21(26)24-17-8-5-9-18(13-17)28-3/h4-13H,1-3H3,(H,24,26)(H,25,27). The summed E-state index contributed by atoms with van der Waals surface area (Å²) in [5.74, 6) is -0.0635. The molecule has 2 aromatic carbocycles. The summed E-state index contributed by atoms with van der Waals surface area (Å²) in [5, 5.41) is 5.66. The summed E-state index contributed by atoms with van der Waals surface area (Å²) < 4.78 is 5.15. The van der Waals surface area contributed by atoms with Gasteiger partial charge in [0.05, 0.1) is 7.11 Å².